The molecule has 0 saturated carbocycles. The summed E-state index contributed by atoms with van der Waals surface area (Å²) < 4.78 is 41.5. The fourth-order valence-corrected chi connectivity index (χ4v) is 3.58. The molecule has 1 heterocycles. The summed E-state index contributed by atoms with van der Waals surface area (Å²) in [5.74, 6) is -0.289. The molecule has 0 radical (unpaired) electrons. The average molecular weight is 389 g/mol. The minimum Gasteiger partial charge on any atom is -0.406 e. The van der Waals surface area contributed by atoms with Crippen molar-refractivity contribution in [2.75, 3.05) is 14.1 Å². The van der Waals surface area contributed by atoms with E-state index < -0.39 is 17.5 Å². The Labute approximate surface area is 156 Å². The molecule has 2 aromatic rings. The van der Waals surface area contributed by atoms with E-state index in [1.54, 1.807) is 24.5 Å². The number of halogens is 4. The zero-order chi connectivity index (χ0) is 18.5. The molecule has 0 saturated heterocycles. The number of hydrogen-bond donors (Lipinski definition) is 1. The van der Waals surface area contributed by atoms with Crippen molar-refractivity contribution < 1.29 is 23.0 Å². The first-order valence-electron chi connectivity index (χ1n) is 7.77. The van der Waals surface area contributed by atoms with Crippen LogP contribution in [-0.4, -0.2) is 41.0 Å². The van der Waals surface area contributed by atoms with Gasteiger partial charge in [0.05, 0.1) is 5.54 Å². The lowest BCUT2D eigenvalue weighted by molar-refractivity contribution is -0.274. The van der Waals surface area contributed by atoms with Crippen molar-refractivity contribution in [2.45, 2.75) is 30.8 Å². The summed E-state index contributed by atoms with van der Waals surface area (Å²) in [4.78, 5) is 5.97. The van der Waals surface area contributed by atoms with Crippen LogP contribution in [0.25, 0.3) is 0 Å². The van der Waals surface area contributed by atoms with Crippen LogP contribution in [0, 0.1) is 0 Å². The Morgan fingerprint density at radius 3 is 2.46 bits per heavy atom. The van der Waals surface area contributed by atoms with Gasteiger partial charge in [0.25, 0.3) is 0 Å². The molecule has 3 rings (SSSR count). The monoisotopic (exact) mass is 388 g/mol. The summed E-state index contributed by atoms with van der Waals surface area (Å²) in [6.45, 7) is 1.88. The fraction of sp³-hybridized carbons (Fsp3) is 0.389. The van der Waals surface area contributed by atoms with E-state index in [9.17, 15) is 18.3 Å². The Morgan fingerprint density at radius 2 is 1.92 bits per heavy atom. The molecular weight excluding hydrogens is 369 g/mol. The van der Waals surface area contributed by atoms with E-state index in [1.807, 2.05) is 25.9 Å². The standard InChI is InChI=1S/C18H19F3N2O2.ClH/c1-16(23(2)3)10-12-9-14(25-18(19,20)21)6-7-15(12)17(16,24)13-5-4-8-22-11-13;/h4-9,11,24H,10H2,1-3H3;1H. The van der Waals surface area contributed by atoms with Crippen molar-refractivity contribution in [3.8, 4) is 5.75 Å². The summed E-state index contributed by atoms with van der Waals surface area (Å²) in [7, 11) is 3.67. The van der Waals surface area contributed by atoms with E-state index in [-0.39, 0.29) is 18.2 Å². The van der Waals surface area contributed by atoms with Crippen LogP contribution in [0.2, 0.25) is 0 Å². The smallest absolute Gasteiger partial charge is 0.406 e. The molecule has 8 heteroatoms. The van der Waals surface area contributed by atoms with Gasteiger partial charge in [-0.3, -0.25) is 4.98 Å². The number of benzene rings is 1. The van der Waals surface area contributed by atoms with Crippen molar-refractivity contribution in [3.63, 3.8) is 0 Å². The van der Waals surface area contributed by atoms with Crippen LogP contribution in [0.5, 0.6) is 5.75 Å². The molecule has 26 heavy (non-hydrogen) atoms. The largest absolute Gasteiger partial charge is 0.573 e. The van der Waals surface area contributed by atoms with E-state index in [4.69, 9.17) is 0 Å². The summed E-state index contributed by atoms with van der Waals surface area (Å²) in [5.41, 5.74) is -0.392. The highest BCUT2D eigenvalue weighted by molar-refractivity contribution is 5.85. The number of fused-ring (bicyclic) bond motifs is 1. The molecule has 1 N–H and O–H groups in total. The Balaban J connectivity index is 0.00000243. The first-order valence-corrected chi connectivity index (χ1v) is 7.77. The Hall–Kier alpha value is -1.83. The number of alkyl halides is 3. The zero-order valence-electron chi connectivity index (χ0n) is 14.5. The third-order valence-corrected chi connectivity index (χ3v) is 5.08. The first-order chi connectivity index (χ1) is 11.6. The molecule has 0 fully saturated rings. The van der Waals surface area contributed by atoms with Crippen molar-refractivity contribution in [2.24, 2.45) is 0 Å². The quantitative estimate of drug-likeness (QED) is 0.874. The van der Waals surface area contributed by atoms with Crippen molar-refractivity contribution in [1.82, 2.24) is 9.88 Å². The van der Waals surface area contributed by atoms with Crippen LogP contribution >= 0.6 is 12.4 Å². The molecule has 2 atom stereocenters. The molecule has 1 aromatic heterocycles. The molecule has 0 aliphatic heterocycles. The van der Waals surface area contributed by atoms with Gasteiger partial charge in [-0.25, -0.2) is 0 Å². The fourth-order valence-electron chi connectivity index (χ4n) is 3.58. The Kier molecular flexibility index (Phi) is 5.29. The molecule has 4 nitrogen and oxygen atoms in total. The number of ether oxygens (including phenoxy) is 1. The lowest BCUT2D eigenvalue weighted by atomic mass is 9.76. The van der Waals surface area contributed by atoms with Gasteiger partial charge in [0.1, 0.15) is 11.4 Å². The third kappa shape index (κ3) is 3.15. The first kappa shape index (κ1) is 20.5. The van der Waals surface area contributed by atoms with E-state index in [1.165, 1.54) is 18.2 Å². The summed E-state index contributed by atoms with van der Waals surface area (Å²) >= 11 is 0. The van der Waals surface area contributed by atoms with Gasteiger partial charge >= 0.3 is 6.36 Å². The minimum absolute atomic E-state index is 0. The van der Waals surface area contributed by atoms with Crippen molar-refractivity contribution >= 4 is 12.4 Å². The van der Waals surface area contributed by atoms with E-state index >= 15 is 0 Å². The molecule has 0 amide bonds. The maximum atomic E-state index is 12.5. The van der Waals surface area contributed by atoms with E-state index in [0.29, 0.717) is 23.1 Å². The van der Waals surface area contributed by atoms with Crippen LogP contribution < -0.4 is 4.74 Å². The average Bonchev–Trinajstić information content (AvgIpc) is 2.76. The summed E-state index contributed by atoms with van der Waals surface area (Å²) in [5, 5.41) is 11.7. The second-order valence-corrected chi connectivity index (χ2v) is 6.66. The molecule has 2 unspecified atom stereocenters. The van der Waals surface area contributed by atoms with Crippen molar-refractivity contribution in [1.29, 1.82) is 0 Å². The second-order valence-electron chi connectivity index (χ2n) is 6.66. The molecule has 0 bridgehead atoms. The molecular formula is C18H20ClF3N2O2. The highest BCUT2D eigenvalue weighted by Gasteiger charge is 2.56. The zero-order valence-corrected chi connectivity index (χ0v) is 15.4. The lowest BCUT2D eigenvalue weighted by Gasteiger charge is -2.45. The number of aliphatic hydroxyl groups is 1. The van der Waals surface area contributed by atoms with Gasteiger partial charge < -0.3 is 14.7 Å². The van der Waals surface area contributed by atoms with Gasteiger partial charge in [-0.2, -0.15) is 0 Å². The van der Waals surface area contributed by atoms with Crippen LogP contribution in [0.1, 0.15) is 23.6 Å². The van der Waals surface area contributed by atoms with Crippen LogP contribution in [0.3, 0.4) is 0 Å². The topological polar surface area (TPSA) is 45.6 Å². The SMILES string of the molecule is CN(C)C1(C)Cc2cc(OC(F)(F)F)ccc2C1(O)c1cccnc1.Cl. The van der Waals surface area contributed by atoms with Gasteiger partial charge in [-0.15, -0.1) is 25.6 Å². The summed E-state index contributed by atoms with van der Waals surface area (Å²) in [6.07, 6.45) is -1.19. The maximum Gasteiger partial charge on any atom is 0.573 e. The maximum absolute atomic E-state index is 12.5. The predicted octanol–water partition coefficient (Wildman–Crippen LogP) is 3.51. The highest BCUT2D eigenvalue weighted by atomic mass is 35.5. The molecule has 0 spiro atoms. The van der Waals surface area contributed by atoms with Crippen LogP contribution in [-0.2, 0) is 12.0 Å². The van der Waals surface area contributed by atoms with Crippen molar-refractivity contribution in [3.05, 3.63) is 59.4 Å². The number of pyridine rings is 1. The van der Waals surface area contributed by atoms with Crippen LogP contribution in [0.4, 0.5) is 13.2 Å². The van der Waals surface area contributed by atoms with Gasteiger partial charge in [-0.05, 0) is 56.8 Å². The lowest BCUT2D eigenvalue weighted by Crippen LogP contribution is -2.56. The number of hydrogen-bond acceptors (Lipinski definition) is 4. The van der Waals surface area contributed by atoms with Gasteiger partial charge in [0.2, 0.25) is 0 Å². The molecule has 1 aliphatic rings. The molecule has 1 aliphatic carbocycles. The van der Waals surface area contributed by atoms with E-state index in [0.717, 1.165) is 0 Å². The van der Waals surface area contributed by atoms with Gasteiger partial charge in [0, 0.05) is 18.0 Å². The van der Waals surface area contributed by atoms with Gasteiger partial charge in [0.15, 0.2) is 0 Å². The highest BCUT2D eigenvalue weighted by Crippen LogP contribution is 2.51. The predicted molar refractivity (Wildman–Crippen MR) is 93.4 cm³/mol. The second kappa shape index (κ2) is 6.72. The Morgan fingerprint density at radius 1 is 1.23 bits per heavy atom. The van der Waals surface area contributed by atoms with Gasteiger partial charge in [-0.1, -0.05) is 12.1 Å². The molecule has 1 aromatic carbocycles. The molecule has 142 valence electrons. The number of likely N-dealkylation sites (N-methyl/N-ethyl adjacent to an activating group) is 1. The van der Waals surface area contributed by atoms with Crippen LogP contribution in [0.15, 0.2) is 42.7 Å². The van der Waals surface area contributed by atoms with E-state index in [2.05, 4.69) is 9.72 Å². The number of nitrogens with zero attached hydrogens (tertiary/aromatic N) is 2. The Bertz CT molecular complexity index is 786. The number of rotatable bonds is 3. The normalized spacial score (nSPS) is 24.9. The minimum atomic E-state index is -4.75. The number of aromatic nitrogens is 1. The summed E-state index contributed by atoms with van der Waals surface area (Å²) in [6, 6.07) is 7.57. The third-order valence-electron chi connectivity index (χ3n) is 5.08.